The highest BCUT2D eigenvalue weighted by atomic mass is 16.6. The van der Waals surface area contributed by atoms with Crippen molar-refractivity contribution in [1.29, 1.82) is 0 Å². The number of non-ortho nitro benzene ring substituents is 1. The summed E-state index contributed by atoms with van der Waals surface area (Å²) in [6.07, 6.45) is 0. The van der Waals surface area contributed by atoms with E-state index in [0.29, 0.717) is 37.8 Å². The van der Waals surface area contributed by atoms with E-state index in [-0.39, 0.29) is 11.3 Å². The van der Waals surface area contributed by atoms with Gasteiger partial charge < -0.3 is 15.0 Å². The summed E-state index contributed by atoms with van der Waals surface area (Å²) in [7, 11) is 0. The van der Waals surface area contributed by atoms with Crippen LogP contribution in [-0.4, -0.2) is 42.1 Å². The second-order valence-electron chi connectivity index (χ2n) is 5.68. The van der Waals surface area contributed by atoms with Crippen LogP contribution >= 0.6 is 0 Å². The number of nitrogens with zero attached hydrogens (tertiary/aromatic N) is 3. The van der Waals surface area contributed by atoms with Crippen molar-refractivity contribution in [2.75, 3.05) is 36.5 Å². The zero-order chi connectivity index (χ0) is 17.8. The molecule has 0 radical (unpaired) electrons. The number of hydrogen-bond acceptors (Lipinski definition) is 6. The van der Waals surface area contributed by atoms with Gasteiger partial charge in [0, 0.05) is 30.9 Å². The number of carbonyl (C=O) groups excluding carboxylic acids is 1. The molecule has 8 nitrogen and oxygen atoms in total. The van der Waals surface area contributed by atoms with E-state index in [4.69, 9.17) is 4.74 Å². The highest BCUT2D eigenvalue weighted by Crippen LogP contribution is 2.27. The molecule has 2 heterocycles. The number of carbonyl (C=O) groups is 1. The Labute approximate surface area is 144 Å². The molecule has 1 aromatic carbocycles. The van der Waals surface area contributed by atoms with Crippen LogP contribution in [0.4, 0.5) is 17.2 Å². The van der Waals surface area contributed by atoms with E-state index in [1.54, 1.807) is 18.2 Å². The Balaban J connectivity index is 1.94. The number of benzene rings is 1. The highest BCUT2D eigenvalue weighted by Gasteiger charge is 2.22. The lowest BCUT2D eigenvalue weighted by Crippen LogP contribution is -2.37. The normalized spacial score (nSPS) is 14.2. The summed E-state index contributed by atoms with van der Waals surface area (Å²) in [6.45, 7) is 4.18. The molecule has 0 aliphatic carbocycles. The summed E-state index contributed by atoms with van der Waals surface area (Å²) < 4.78 is 5.33. The van der Waals surface area contributed by atoms with Gasteiger partial charge in [-0.2, -0.15) is 0 Å². The minimum absolute atomic E-state index is 0.126. The zero-order valence-electron chi connectivity index (χ0n) is 13.8. The second-order valence-corrected chi connectivity index (χ2v) is 5.68. The van der Waals surface area contributed by atoms with E-state index in [1.165, 1.54) is 12.1 Å². The van der Waals surface area contributed by atoms with Crippen molar-refractivity contribution in [3.05, 3.63) is 57.8 Å². The van der Waals surface area contributed by atoms with Gasteiger partial charge in [0.15, 0.2) is 0 Å². The maximum Gasteiger partial charge on any atom is 0.270 e. The molecule has 3 rings (SSSR count). The predicted octanol–water partition coefficient (Wildman–Crippen LogP) is 2.39. The number of morpholine rings is 1. The molecule has 1 aliphatic rings. The van der Waals surface area contributed by atoms with Gasteiger partial charge in [-0.15, -0.1) is 0 Å². The van der Waals surface area contributed by atoms with Crippen molar-refractivity contribution in [3.63, 3.8) is 0 Å². The molecule has 1 aliphatic heterocycles. The second kappa shape index (κ2) is 7.27. The zero-order valence-corrected chi connectivity index (χ0v) is 13.8. The molecule has 1 N–H and O–H groups in total. The van der Waals surface area contributed by atoms with Crippen molar-refractivity contribution in [1.82, 2.24) is 4.98 Å². The van der Waals surface area contributed by atoms with Crippen LogP contribution in [-0.2, 0) is 4.74 Å². The van der Waals surface area contributed by atoms with E-state index < -0.39 is 10.8 Å². The van der Waals surface area contributed by atoms with E-state index >= 15 is 0 Å². The lowest BCUT2D eigenvalue weighted by Gasteiger charge is -2.30. The van der Waals surface area contributed by atoms with Crippen LogP contribution in [0.15, 0.2) is 36.4 Å². The first-order valence-electron chi connectivity index (χ1n) is 7.91. The van der Waals surface area contributed by atoms with E-state index in [0.717, 1.165) is 5.69 Å². The number of ether oxygens (including phenoxy) is 1. The molecular formula is C17H18N4O4. The number of aromatic nitrogens is 1. The van der Waals surface area contributed by atoms with Crippen molar-refractivity contribution < 1.29 is 14.5 Å². The molecule has 1 aromatic heterocycles. The minimum Gasteiger partial charge on any atom is -0.378 e. The van der Waals surface area contributed by atoms with Crippen molar-refractivity contribution in [2.45, 2.75) is 6.92 Å². The Hall–Kier alpha value is -3.00. The number of amides is 1. The number of nitro groups is 1. The predicted molar refractivity (Wildman–Crippen MR) is 93.1 cm³/mol. The maximum atomic E-state index is 12.7. The molecule has 0 unspecified atom stereocenters. The molecule has 8 heteroatoms. The Morgan fingerprint density at radius 3 is 2.72 bits per heavy atom. The number of hydrogen-bond donors (Lipinski definition) is 1. The van der Waals surface area contributed by atoms with Crippen molar-refractivity contribution in [3.8, 4) is 0 Å². The Morgan fingerprint density at radius 2 is 2.04 bits per heavy atom. The fourth-order valence-corrected chi connectivity index (χ4v) is 2.70. The number of rotatable bonds is 4. The van der Waals surface area contributed by atoms with Crippen LogP contribution in [0, 0.1) is 17.0 Å². The standard InChI is InChI=1S/C17H18N4O4/c1-12-3-2-4-16(18-12)19-17(22)14-11-13(21(23)24)5-6-15(14)20-7-9-25-10-8-20/h2-6,11H,7-10H2,1H3,(H,18,19,22). The van der Waals surface area contributed by atoms with Gasteiger partial charge >= 0.3 is 0 Å². The molecule has 1 amide bonds. The van der Waals surface area contributed by atoms with Crippen molar-refractivity contribution >= 4 is 23.1 Å². The quantitative estimate of drug-likeness (QED) is 0.677. The topological polar surface area (TPSA) is 97.6 Å². The highest BCUT2D eigenvalue weighted by molar-refractivity contribution is 6.08. The molecule has 130 valence electrons. The van der Waals surface area contributed by atoms with E-state index in [1.807, 2.05) is 17.9 Å². The first-order valence-corrected chi connectivity index (χ1v) is 7.91. The molecule has 0 atom stereocenters. The first-order chi connectivity index (χ1) is 12.0. The number of anilines is 2. The summed E-state index contributed by atoms with van der Waals surface area (Å²) in [4.78, 5) is 29.5. The molecule has 25 heavy (non-hydrogen) atoms. The molecule has 1 fully saturated rings. The Morgan fingerprint density at radius 1 is 1.28 bits per heavy atom. The SMILES string of the molecule is Cc1cccc(NC(=O)c2cc([N+](=O)[O-])ccc2N2CCOCC2)n1. The fraction of sp³-hybridized carbons (Fsp3) is 0.294. The van der Waals surface area contributed by atoms with Gasteiger partial charge in [-0.3, -0.25) is 14.9 Å². The van der Waals surface area contributed by atoms with Crippen LogP contribution in [0.2, 0.25) is 0 Å². The smallest absolute Gasteiger partial charge is 0.270 e. The molecule has 0 saturated carbocycles. The van der Waals surface area contributed by atoms with Crippen LogP contribution in [0.3, 0.4) is 0 Å². The Kier molecular flexibility index (Phi) is 4.90. The average Bonchev–Trinajstić information content (AvgIpc) is 2.62. The van der Waals surface area contributed by atoms with Gasteiger partial charge in [0.2, 0.25) is 0 Å². The molecule has 0 spiro atoms. The number of aryl methyl sites for hydroxylation is 1. The Bertz CT molecular complexity index is 803. The van der Waals surface area contributed by atoms with Gasteiger partial charge in [-0.1, -0.05) is 6.07 Å². The summed E-state index contributed by atoms with van der Waals surface area (Å²) in [5.41, 5.74) is 1.54. The summed E-state index contributed by atoms with van der Waals surface area (Å²) in [5, 5.41) is 13.8. The summed E-state index contributed by atoms with van der Waals surface area (Å²) >= 11 is 0. The molecular weight excluding hydrogens is 324 g/mol. The molecule has 2 aromatic rings. The van der Waals surface area contributed by atoms with Crippen LogP contribution in [0.25, 0.3) is 0 Å². The molecule has 1 saturated heterocycles. The van der Waals surface area contributed by atoms with Gasteiger partial charge in [0.05, 0.1) is 29.4 Å². The fourth-order valence-electron chi connectivity index (χ4n) is 2.70. The van der Waals surface area contributed by atoms with Gasteiger partial charge in [-0.05, 0) is 25.1 Å². The number of pyridine rings is 1. The first kappa shape index (κ1) is 16.8. The largest absolute Gasteiger partial charge is 0.378 e. The third-order valence-electron chi connectivity index (χ3n) is 3.92. The van der Waals surface area contributed by atoms with Crippen LogP contribution in [0.5, 0.6) is 0 Å². The molecule has 0 bridgehead atoms. The van der Waals surface area contributed by atoms with Gasteiger partial charge in [-0.25, -0.2) is 4.98 Å². The van der Waals surface area contributed by atoms with Gasteiger partial charge in [0.25, 0.3) is 11.6 Å². The lowest BCUT2D eigenvalue weighted by molar-refractivity contribution is -0.384. The summed E-state index contributed by atoms with van der Waals surface area (Å²) in [6, 6.07) is 9.61. The van der Waals surface area contributed by atoms with E-state index in [2.05, 4.69) is 10.3 Å². The summed E-state index contributed by atoms with van der Waals surface area (Å²) in [5.74, 6) is -0.0206. The van der Waals surface area contributed by atoms with Gasteiger partial charge in [0.1, 0.15) is 5.82 Å². The number of nitro benzene ring substituents is 1. The minimum atomic E-state index is -0.509. The number of nitrogens with one attached hydrogen (secondary N) is 1. The van der Waals surface area contributed by atoms with Crippen molar-refractivity contribution in [2.24, 2.45) is 0 Å². The lowest BCUT2D eigenvalue weighted by atomic mass is 10.1. The van der Waals surface area contributed by atoms with Crippen LogP contribution < -0.4 is 10.2 Å². The van der Waals surface area contributed by atoms with Crippen LogP contribution in [0.1, 0.15) is 16.1 Å². The van der Waals surface area contributed by atoms with E-state index in [9.17, 15) is 14.9 Å². The third kappa shape index (κ3) is 3.92. The maximum absolute atomic E-state index is 12.7. The average molecular weight is 342 g/mol. The monoisotopic (exact) mass is 342 g/mol. The third-order valence-corrected chi connectivity index (χ3v) is 3.92.